The first-order chi connectivity index (χ1) is 15.4. The van der Waals surface area contributed by atoms with Gasteiger partial charge in [-0.15, -0.1) is 0 Å². The molecule has 164 valence electrons. The van der Waals surface area contributed by atoms with Crippen molar-refractivity contribution < 1.29 is 18.7 Å². The van der Waals surface area contributed by atoms with Crippen LogP contribution in [-0.4, -0.2) is 35.3 Å². The van der Waals surface area contributed by atoms with Gasteiger partial charge in [-0.05, 0) is 24.3 Å². The highest BCUT2D eigenvalue weighted by Crippen LogP contribution is 2.33. The smallest absolute Gasteiger partial charge is 0.244 e. The number of nitrogens with zero attached hydrogens (tertiary/aromatic N) is 2. The number of fused-ring (bicyclic) bond motifs is 1. The molecular weight excluding hydrogens is 415 g/mol. The Morgan fingerprint density at radius 3 is 3.00 bits per heavy atom. The van der Waals surface area contributed by atoms with Gasteiger partial charge in [0.2, 0.25) is 17.6 Å². The van der Waals surface area contributed by atoms with Crippen LogP contribution in [0, 0.1) is 5.82 Å². The molecule has 1 aliphatic carbocycles. The fraction of sp³-hybridized carbons (Fsp3) is 0.182. The average molecular weight is 436 g/mol. The largest absolute Gasteiger partial charge is 0.493 e. The highest BCUT2D eigenvalue weighted by atomic mass is 19.1. The van der Waals surface area contributed by atoms with Crippen molar-refractivity contribution in [2.24, 2.45) is 5.73 Å². The van der Waals surface area contributed by atoms with E-state index in [1.807, 2.05) is 0 Å². The van der Waals surface area contributed by atoms with Crippen LogP contribution in [0.15, 0.2) is 60.0 Å². The third kappa shape index (κ3) is 4.49. The maximum absolute atomic E-state index is 14.4. The quantitative estimate of drug-likeness (QED) is 0.525. The Hall–Kier alpha value is -4.05. The van der Waals surface area contributed by atoms with Crippen LogP contribution in [0.5, 0.6) is 5.75 Å². The lowest BCUT2D eigenvalue weighted by molar-refractivity contribution is -0.117. The number of anilines is 3. The Bertz CT molecular complexity index is 1170. The molecule has 1 amide bonds. The summed E-state index contributed by atoms with van der Waals surface area (Å²) in [5.74, 6) is -0.843. The van der Waals surface area contributed by atoms with Gasteiger partial charge in [-0.2, -0.15) is 4.98 Å². The van der Waals surface area contributed by atoms with Crippen LogP contribution < -0.4 is 26.4 Å². The van der Waals surface area contributed by atoms with Gasteiger partial charge in [-0.1, -0.05) is 12.2 Å². The number of carbonyl (C=O) groups is 2. The van der Waals surface area contributed by atoms with E-state index in [-0.39, 0.29) is 29.1 Å². The summed E-state index contributed by atoms with van der Waals surface area (Å²) in [7, 11) is 1.47. The Morgan fingerprint density at radius 2 is 2.19 bits per heavy atom. The summed E-state index contributed by atoms with van der Waals surface area (Å²) in [6.07, 6.45) is 7.53. The average Bonchev–Trinajstić information content (AvgIpc) is 2.79. The number of ketones is 1. The van der Waals surface area contributed by atoms with Gasteiger partial charge in [0.1, 0.15) is 5.75 Å². The Kier molecular flexibility index (Phi) is 5.95. The normalized spacial score (nSPS) is 18.5. The number of nitrogens with one attached hydrogen (secondary N) is 3. The molecule has 0 radical (unpaired) electrons. The topological polar surface area (TPSA) is 131 Å². The standard InChI is InChI=1S/C22H21FN6O3/c1-25-19(30)9-12-3-2-4-17(20(12)31)28-22-26-11-15(23)21(29-22)27-13-5-6-18-14(10-13)16(24)7-8-32-18/h2-6,9-11,16H,7-8,24H2,1H3,(H,25,30)(H2,26,27,28,29). The number of allylic oxidation sites excluding steroid dienone is 4. The predicted molar refractivity (Wildman–Crippen MR) is 117 cm³/mol. The van der Waals surface area contributed by atoms with Crippen molar-refractivity contribution in [2.45, 2.75) is 12.5 Å². The molecule has 0 saturated heterocycles. The van der Waals surface area contributed by atoms with E-state index >= 15 is 0 Å². The summed E-state index contributed by atoms with van der Waals surface area (Å²) >= 11 is 0. The van der Waals surface area contributed by atoms with Crippen molar-refractivity contribution >= 4 is 29.1 Å². The van der Waals surface area contributed by atoms with Gasteiger partial charge < -0.3 is 26.4 Å². The van der Waals surface area contributed by atoms with Crippen molar-refractivity contribution in [2.75, 3.05) is 24.3 Å². The molecule has 1 aromatic carbocycles. The van der Waals surface area contributed by atoms with Crippen LogP contribution in [-0.2, 0) is 9.59 Å². The predicted octanol–water partition coefficient (Wildman–Crippen LogP) is 2.25. The number of hydrogen-bond acceptors (Lipinski definition) is 8. The Morgan fingerprint density at radius 1 is 1.34 bits per heavy atom. The van der Waals surface area contributed by atoms with Crippen LogP contribution in [0.25, 0.3) is 0 Å². The third-order valence-electron chi connectivity index (χ3n) is 4.93. The Labute approximate surface area is 183 Å². The molecule has 0 saturated carbocycles. The minimum atomic E-state index is -0.669. The molecule has 1 aromatic heterocycles. The third-order valence-corrected chi connectivity index (χ3v) is 4.93. The first-order valence-electron chi connectivity index (χ1n) is 9.90. The zero-order valence-corrected chi connectivity index (χ0v) is 17.2. The molecule has 1 unspecified atom stereocenters. The van der Waals surface area contributed by atoms with E-state index in [1.165, 1.54) is 25.3 Å². The molecule has 2 heterocycles. The van der Waals surface area contributed by atoms with Crippen LogP contribution >= 0.6 is 0 Å². The molecule has 32 heavy (non-hydrogen) atoms. The Balaban J connectivity index is 1.54. The van der Waals surface area contributed by atoms with Crippen molar-refractivity contribution in [3.05, 3.63) is 71.4 Å². The fourth-order valence-electron chi connectivity index (χ4n) is 3.25. The number of benzene rings is 1. The van der Waals surface area contributed by atoms with Crippen molar-refractivity contribution in [1.29, 1.82) is 0 Å². The molecule has 10 heteroatoms. The van der Waals surface area contributed by atoms with E-state index in [0.29, 0.717) is 24.5 Å². The molecule has 2 aromatic rings. The van der Waals surface area contributed by atoms with Crippen LogP contribution in [0.1, 0.15) is 18.0 Å². The maximum atomic E-state index is 14.4. The number of nitrogens with two attached hydrogens (primary N) is 1. The molecule has 2 aliphatic rings. The van der Waals surface area contributed by atoms with E-state index < -0.39 is 17.5 Å². The van der Waals surface area contributed by atoms with Crippen molar-refractivity contribution in [1.82, 2.24) is 15.3 Å². The summed E-state index contributed by atoms with van der Waals surface area (Å²) in [4.78, 5) is 32.2. The first-order valence-corrected chi connectivity index (χ1v) is 9.90. The van der Waals surface area contributed by atoms with E-state index in [0.717, 1.165) is 11.8 Å². The van der Waals surface area contributed by atoms with E-state index in [1.54, 1.807) is 24.3 Å². The number of Topliss-reactive ketones (excluding diaryl/α,β-unsaturated/α-hetero) is 1. The van der Waals surface area contributed by atoms with E-state index in [2.05, 4.69) is 25.9 Å². The number of hydrogen-bond donors (Lipinski definition) is 4. The van der Waals surface area contributed by atoms with Gasteiger partial charge in [0, 0.05) is 42.4 Å². The van der Waals surface area contributed by atoms with Crippen molar-refractivity contribution in [3.63, 3.8) is 0 Å². The minimum Gasteiger partial charge on any atom is -0.493 e. The van der Waals surface area contributed by atoms with Crippen LogP contribution in [0.3, 0.4) is 0 Å². The van der Waals surface area contributed by atoms with Crippen molar-refractivity contribution in [3.8, 4) is 5.75 Å². The summed E-state index contributed by atoms with van der Waals surface area (Å²) < 4.78 is 19.9. The molecule has 1 aliphatic heterocycles. The lowest BCUT2D eigenvalue weighted by atomic mass is 10.0. The summed E-state index contributed by atoms with van der Waals surface area (Å²) in [6, 6.07) is 5.14. The molecule has 0 bridgehead atoms. The fourth-order valence-corrected chi connectivity index (χ4v) is 3.25. The summed E-state index contributed by atoms with van der Waals surface area (Å²) in [5, 5.41) is 8.12. The second-order valence-electron chi connectivity index (χ2n) is 7.12. The van der Waals surface area contributed by atoms with Gasteiger partial charge in [0.25, 0.3) is 0 Å². The zero-order valence-electron chi connectivity index (χ0n) is 17.2. The van der Waals surface area contributed by atoms with E-state index in [9.17, 15) is 14.0 Å². The molecule has 5 N–H and O–H groups in total. The number of likely N-dealkylation sites (N-methyl/N-ethyl adjacent to an activating group) is 1. The van der Waals surface area contributed by atoms with Gasteiger partial charge in [-0.3, -0.25) is 9.59 Å². The monoisotopic (exact) mass is 436 g/mol. The second kappa shape index (κ2) is 8.98. The first kappa shape index (κ1) is 21.2. The number of aromatic nitrogens is 2. The second-order valence-corrected chi connectivity index (χ2v) is 7.12. The lowest BCUT2D eigenvalue weighted by Crippen LogP contribution is -2.21. The molecule has 4 rings (SSSR count). The maximum Gasteiger partial charge on any atom is 0.244 e. The lowest BCUT2D eigenvalue weighted by Gasteiger charge is -2.23. The van der Waals surface area contributed by atoms with Crippen LogP contribution in [0.4, 0.5) is 21.8 Å². The number of ether oxygens (including phenoxy) is 1. The number of rotatable bonds is 5. The molecule has 0 fully saturated rings. The summed E-state index contributed by atoms with van der Waals surface area (Å²) in [6.45, 7) is 0.556. The molecule has 9 nitrogen and oxygen atoms in total. The minimum absolute atomic E-state index is 0.0149. The SMILES string of the molecule is CNC(=O)C=C1C=CC=C(Nc2ncc(F)c(Nc3ccc4c(c3)C(N)CCO4)n2)C1=O. The molecule has 1 atom stereocenters. The number of carbonyl (C=O) groups excluding carboxylic acids is 2. The summed E-state index contributed by atoms with van der Waals surface area (Å²) in [5.41, 5.74) is 7.90. The molecule has 0 spiro atoms. The van der Waals surface area contributed by atoms with Gasteiger partial charge >= 0.3 is 0 Å². The highest BCUT2D eigenvalue weighted by molar-refractivity contribution is 6.15. The van der Waals surface area contributed by atoms with Gasteiger partial charge in [0.05, 0.1) is 18.5 Å². The van der Waals surface area contributed by atoms with Gasteiger partial charge in [0.15, 0.2) is 11.6 Å². The van der Waals surface area contributed by atoms with Crippen LogP contribution in [0.2, 0.25) is 0 Å². The molecular formula is C22H21FN6O3. The zero-order chi connectivity index (χ0) is 22.7. The number of amides is 1. The highest BCUT2D eigenvalue weighted by Gasteiger charge is 2.20. The van der Waals surface area contributed by atoms with E-state index in [4.69, 9.17) is 10.5 Å². The van der Waals surface area contributed by atoms with Gasteiger partial charge in [-0.25, -0.2) is 9.37 Å². The number of halogens is 1.